The van der Waals surface area contributed by atoms with Gasteiger partial charge < -0.3 is 0 Å². The molecule has 0 fully saturated rings. The molecule has 0 unspecified atom stereocenters. The molecule has 0 bridgehead atoms. The van der Waals surface area contributed by atoms with Crippen LogP contribution in [0.5, 0.6) is 0 Å². The maximum Gasteiger partial charge on any atom is 0.274 e. The van der Waals surface area contributed by atoms with Crippen LogP contribution in [0.3, 0.4) is 0 Å². The van der Waals surface area contributed by atoms with Crippen molar-refractivity contribution in [3.05, 3.63) is 12.2 Å². The average Bonchev–Trinajstić information content (AvgIpc) is 1.98. The zero-order valence-corrected chi connectivity index (χ0v) is 5.51. The number of carbonyl (C=O) groups excluding carboxylic acids is 1. The highest BCUT2D eigenvalue weighted by atomic mass is 16.2. The van der Waals surface area contributed by atoms with Crippen LogP contribution in [-0.4, -0.2) is 23.7 Å². The Balaban J connectivity index is 2.95. The third kappa shape index (κ3) is 0.740. The van der Waals surface area contributed by atoms with Gasteiger partial charge in [0.15, 0.2) is 0 Å². The van der Waals surface area contributed by atoms with Crippen LogP contribution in [0.2, 0.25) is 0 Å². The first-order valence-corrected chi connectivity index (χ1v) is 2.65. The van der Waals surface area contributed by atoms with Crippen molar-refractivity contribution < 1.29 is 4.79 Å². The summed E-state index contributed by atoms with van der Waals surface area (Å²) in [5, 5.41) is 5.14. The molecule has 0 saturated carbocycles. The fraction of sp³-hybridized carbons (Fsp3) is 0.333. The molecule has 1 rings (SSSR count). The summed E-state index contributed by atoms with van der Waals surface area (Å²) in [7, 11) is 1.62. The number of rotatable bonds is 0. The second-order valence-corrected chi connectivity index (χ2v) is 1.99. The minimum atomic E-state index is -0.104. The fourth-order valence-electron chi connectivity index (χ4n) is 0.681. The second-order valence-electron chi connectivity index (χ2n) is 1.99. The summed E-state index contributed by atoms with van der Waals surface area (Å²) in [4.78, 5) is 10.8. The van der Waals surface area contributed by atoms with Crippen LogP contribution < -0.4 is 0 Å². The van der Waals surface area contributed by atoms with Gasteiger partial charge in [0.05, 0.1) is 11.3 Å². The average molecular weight is 124 g/mol. The normalized spacial score (nSPS) is 18.9. The van der Waals surface area contributed by atoms with Crippen LogP contribution in [0.25, 0.3) is 0 Å². The second kappa shape index (κ2) is 1.69. The van der Waals surface area contributed by atoms with E-state index in [0.717, 1.165) is 0 Å². The van der Waals surface area contributed by atoms with E-state index in [0.29, 0.717) is 11.3 Å². The zero-order chi connectivity index (χ0) is 7.02. The van der Waals surface area contributed by atoms with E-state index in [4.69, 9.17) is 0 Å². The van der Waals surface area contributed by atoms with Gasteiger partial charge in [0, 0.05) is 7.05 Å². The zero-order valence-electron chi connectivity index (χ0n) is 5.51. The molecule has 0 N–H and O–H groups in total. The molecule has 0 aromatic carbocycles. The maximum absolute atomic E-state index is 10.8. The Bertz CT molecular complexity index is 205. The van der Waals surface area contributed by atoms with E-state index >= 15 is 0 Å². The monoisotopic (exact) mass is 124 g/mol. The van der Waals surface area contributed by atoms with E-state index in [2.05, 4.69) is 11.7 Å². The smallest absolute Gasteiger partial charge is 0.267 e. The Kier molecular flexibility index (Phi) is 1.12. The van der Waals surface area contributed by atoms with Crippen LogP contribution in [0, 0.1) is 0 Å². The molecule has 0 aliphatic carbocycles. The number of hydrogen-bond donors (Lipinski definition) is 0. The molecule has 48 valence electrons. The van der Waals surface area contributed by atoms with Gasteiger partial charge in [-0.2, -0.15) is 5.10 Å². The van der Waals surface area contributed by atoms with Gasteiger partial charge in [0.1, 0.15) is 0 Å². The summed E-state index contributed by atoms with van der Waals surface area (Å²) in [6, 6.07) is 0. The van der Waals surface area contributed by atoms with Gasteiger partial charge in [-0.15, -0.1) is 0 Å². The van der Waals surface area contributed by atoms with E-state index < -0.39 is 0 Å². The quantitative estimate of drug-likeness (QED) is 0.430. The van der Waals surface area contributed by atoms with E-state index in [-0.39, 0.29) is 5.91 Å². The molecule has 0 aromatic heterocycles. The van der Waals surface area contributed by atoms with Gasteiger partial charge in [0.2, 0.25) is 0 Å². The van der Waals surface area contributed by atoms with E-state index in [1.54, 1.807) is 14.0 Å². The minimum absolute atomic E-state index is 0.104. The van der Waals surface area contributed by atoms with Crippen molar-refractivity contribution in [1.82, 2.24) is 5.01 Å². The van der Waals surface area contributed by atoms with Gasteiger partial charge >= 0.3 is 0 Å². The number of carbonyl (C=O) groups is 1. The highest BCUT2D eigenvalue weighted by Gasteiger charge is 2.21. The third-order valence-corrected chi connectivity index (χ3v) is 1.29. The van der Waals surface area contributed by atoms with Crippen molar-refractivity contribution >= 4 is 11.6 Å². The molecular weight excluding hydrogens is 116 g/mol. The Labute approximate surface area is 53.7 Å². The van der Waals surface area contributed by atoms with Crippen molar-refractivity contribution in [3.8, 4) is 0 Å². The highest BCUT2D eigenvalue weighted by molar-refractivity contribution is 6.23. The van der Waals surface area contributed by atoms with E-state index in [1.807, 2.05) is 0 Å². The summed E-state index contributed by atoms with van der Waals surface area (Å²) in [5.74, 6) is -0.104. The van der Waals surface area contributed by atoms with Crippen molar-refractivity contribution in [2.45, 2.75) is 6.92 Å². The number of nitrogens with zero attached hydrogens (tertiary/aromatic N) is 2. The van der Waals surface area contributed by atoms with Gasteiger partial charge in [-0.3, -0.25) is 4.79 Å². The molecule has 0 atom stereocenters. The largest absolute Gasteiger partial charge is 0.274 e. The Morgan fingerprint density at radius 1 is 1.67 bits per heavy atom. The summed E-state index contributed by atoms with van der Waals surface area (Å²) >= 11 is 0. The van der Waals surface area contributed by atoms with Crippen molar-refractivity contribution in [1.29, 1.82) is 0 Å². The lowest BCUT2D eigenvalue weighted by Crippen LogP contribution is -2.15. The van der Waals surface area contributed by atoms with Gasteiger partial charge in [0.25, 0.3) is 5.91 Å². The highest BCUT2D eigenvalue weighted by Crippen LogP contribution is 2.09. The summed E-state index contributed by atoms with van der Waals surface area (Å²) in [6.07, 6.45) is 0. The Hall–Kier alpha value is -1.12. The molecule has 0 spiro atoms. The molecule has 1 aliphatic heterocycles. The van der Waals surface area contributed by atoms with Crippen molar-refractivity contribution in [2.24, 2.45) is 5.10 Å². The number of amides is 1. The first-order valence-electron chi connectivity index (χ1n) is 2.65. The summed E-state index contributed by atoms with van der Waals surface area (Å²) in [5.41, 5.74) is 1.21. The molecule has 1 heterocycles. The molecule has 0 aromatic rings. The fourth-order valence-corrected chi connectivity index (χ4v) is 0.681. The molecule has 3 heteroatoms. The van der Waals surface area contributed by atoms with Crippen LogP contribution in [0.4, 0.5) is 0 Å². The molecule has 1 amide bonds. The van der Waals surface area contributed by atoms with Gasteiger partial charge in [-0.05, 0) is 6.92 Å². The van der Waals surface area contributed by atoms with E-state index in [1.165, 1.54) is 5.01 Å². The molecule has 0 saturated heterocycles. The molecular formula is C6H8N2O. The molecule has 9 heavy (non-hydrogen) atoms. The lowest BCUT2D eigenvalue weighted by Gasteiger charge is -1.99. The molecule has 1 aliphatic rings. The van der Waals surface area contributed by atoms with Gasteiger partial charge in [-0.25, -0.2) is 5.01 Å². The maximum atomic E-state index is 10.8. The van der Waals surface area contributed by atoms with Crippen molar-refractivity contribution in [2.75, 3.05) is 7.05 Å². The number of hydrogen-bond acceptors (Lipinski definition) is 2. The SMILES string of the molecule is C=C1C(=O)N(C)N=C1C. The Morgan fingerprint density at radius 2 is 2.22 bits per heavy atom. The van der Waals surface area contributed by atoms with Crippen molar-refractivity contribution in [3.63, 3.8) is 0 Å². The van der Waals surface area contributed by atoms with Crippen LogP contribution in [0.15, 0.2) is 17.3 Å². The summed E-state index contributed by atoms with van der Waals surface area (Å²) in [6.45, 7) is 5.31. The van der Waals surface area contributed by atoms with Crippen LogP contribution >= 0.6 is 0 Å². The predicted octanol–water partition coefficient (Wildman–Crippen LogP) is 0.390. The predicted molar refractivity (Wildman–Crippen MR) is 35.0 cm³/mol. The first-order chi connectivity index (χ1) is 4.13. The van der Waals surface area contributed by atoms with Crippen LogP contribution in [0.1, 0.15) is 6.92 Å². The topological polar surface area (TPSA) is 32.7 Å². The number of likely N-dealkylation sites (N-methyl/N-ethyl adjacent to an activating group) is 1. The van der Waals surface area contributed by atoms with Crippen LogP contribution in [-0.2, 0) is 4.79 Å². The third-order valence-electron chi connectivity index (χ3n) is 1.29. The summed E-state index contributed by atoms with van der Waals surface area (Å²) < 4.78 is 0. The van der Waals surface area contributed by atoms with Gasteiger partial charge in [-0.1, -0.05) is 6.58 Å². The molecule has 0 radical (unpaired) electrons. The van der Waals surface area contributed by atoms with E-state index in [9.17, 15) is 4.79 Å². The molecule has 3 nitrogen and oxygen atoms in total. The Morgan fingerprint density at radius 3 is 2.33 bits per heavy atom. The minimum Gasteiger partial charge on any atom is -0.267 e. The lowest BCUT2D eigenvalue weighted by atomic mass is 10.2. The lowest BCUT2D eigenvalue weighted by molar-refractivity contribution is -0.124. The standard InChI is InChI=1S/C6H8N2O/c1-4-5(2)7-8(3)6(4)9/h1H2,2-3H3. The number of hydrazone groups is 1. The first kappa shape index (κ1) is 6.01.